The maximum Gasteiger partial charge on any atom is 0.573 e. The number of aliphatic hydroxyl groups excluding tert-OH is 1. The Hall–Kier alpha value is -2.09. The Morgan fingerprint density at radius 2 is 1.95 bits per heavy atom. The average molecular weight is 292 g/mol. The van der Waals surface area contributed by atoms with Crippen LogP contribution in [0, 0.1) is 0 Å². The highest BCUT2D eigenvalue weighted by atomic mass is 19.4. The molecule has 0 aromatic heterocycles. The van der Waals surface area contributed by atoms with Gasteiger partial charge in [0, 0.05) is 12.0 Å². The third-order valence-corrected chi connectivity index (χ3v) is 2.33. The van der Waals surface area contributed by atoms with Gasteiger partial charge in [0.25, 0.3) is 0 Å². The summed E-state index contributed by atoms with van der Waals surface area (Å²) in [4.78, 5) is 21.8. The van der Waals surface area contributed by atoms with Gasteiger partial charge in [0.2, 0.25) is 0 Å². The van der Waals surface area contributed by atoms with Gasteiger partial charge in [0.1, 0.15) is 11.5 Å². The molecule has 0 bridgehead atoms. The van der Waals surface area contributed by atoms with Crippen LogP contribution < -0.4 is 4.74 Å². The predicted molar refractivity (Wildman–Crippen MR) is 60.1 cm³/mol. The van der Waals surface area contributed by atoms with Crippen LogP contribution in [0.15, 0.2) is 18.2 Å². The molecular formula is C12H11F3O5. The molecule has 1 aromatic rings. The number of ketones is 1. The second kappa shape index (κ2) is 5.91. The number of carboxylic acids is 1. The SMILES string of the molecule is CC(=O)Cc1cccc(OC(F)(F)F)c1C(O)C(=O)O. The molecule has 1 rings (SSSR count). The molecule has 5 nitrogen and oxygen atoms in total. The number of carboxylic acid groups (broad SMARTS) is 1. The van der Waals surface area contributed by atoms with Crippen molar-refractivity contribution in [3.8, 4) is 5.75 Å². The number of carbonyl (C=O) groups is 2. The smallest absolute Gasteiger partial charge is 0.479 e. The second-order valence-electron chi connectivity index (χ2n) is 4.00. The topological polar surface area (TPSA) is 83.8 Å². The van der Waals surface area contributed by atoms with Gasteiger partial charge >= 0.3 is 12.3 Å². The lowest BCUT2D eigenvalue weighted by atomic mass is 9.97. The molecule has 8 heteroatoms. The Labute approximate surface area is 111 Å². The van der Waals surface area contributed by atoms with Crippen LogP contribution in [0.2, 0.25) is 0 Å². The van der Waals surface area contributed by atoms with E-state index in [2.05, 4.69) is 4.74 Å². The minimum absolute atomic E-state index is 0.0332. The zero-order valence-electron chi connectivity index (χ0n) is 10.3. The van der Waals surface area contributed by atoms with E-state index in [-0.39, 0.29) is 12.0 Å². The van der Waals surface area contributed by atoms with E-state index in [9.17, 15) is 27.9 Å². The van der Waals surface area contributed by atoms with E-state index >= 15 is 0 Å². The highest BCUT2D eigenvalue weighted by Crippen LogP contribution is 2.33. The molecule has 0 amide bonds. The number of aliphatic carboxylic acids is 1. The normalized spacial score (nSPS) is 12.8. The molecular weight excluding hydrogens is 281 g/mol. The van der Waals surface area contributed by atoms with Gasteiger partial charge in [-0.05, 0) is 18.6 Å². The van der Waals surface area contributed by atoms with Crippen LogP contribution >= 0.6 is 0 Å². The third kappa shape index (κ3) is 4.23. The molecule has 0 heterocycles. The summed E-state index contributed by atoms with van der Waals surface area (Å²) in [5.74, 6) is -2.98. The third-order valence-electron chi connectivity index (χ3n) is 2.33. The van der Waals surface area contributed by atoms with Gasteiger partial charge in [-0.15, -0.1) is 13.2 Å². The minimum Gasteiger partial charge on any atom is -0.479 e. The molecule has 0 saturated heterocycles. The number of aliphatic hydroxyl groups is 1. The highest BCUT2D eigenvalue weighted by molar-refractivity contribution is 5.81. The first-order valence-electron chi connectivity index (χ1n) is 5.39. The summed E-state index contributed by atoms with van der Waals surface area (Å²) in [6.45, 7) is 1.19. The van der Waals surface area contributed by atoms with Gasteiger partial charge in [-0.3, -0.25) is 4.79 Å². The summed E-state index contributed by atoms with van der Waals surface area (Å²) in [6, 6.07) is 3.31. The summed E-state index contributed by atoms with van der Waals surface area (Å²) in [7, 11) is 0. The van der Waals surface area contributed by atoms with Crippen molar-refractivity contribution in [2.75, 3.05) is 0 Å². The number of halogens is 3. The molecule has 0 spiro atoms. The van der Waals surface area contributed by atoms with E-state index in [1.165, 1.54) is 19.1 Å². The Balaban J connectivity index is 3.35. The minimum atomic E-state index is -5.04. The molecule has 0 aliphatic carbocycles. The van der Waals surface area contributed by atoms with Gasteiger partial charge in [-0.1, -0.05) is 12.1 Å². The van der Waals surface area contributed by atoms with E-state index in [1.54, 1.807) is 0 Å². The first-order valence-corrected chi connectivity index (χ1v) is 5.39. The number of hydrogen-bond donors (Lipinski definition) is 2. The van der Waals surface area contributed by atoms with E-state index in [4.69, 9.17) is 5.11 Å². The number of alkyl halides is 3. The van der Waals surface area contributed by atoms with Gasteiger partial charge in [0.15, 0.2) is 6.10 Å². The van der Waals surface area contributed by atoms with Crippen molar-refractivity contribution in [2.24, 2.45) is 0 Å². The molecule has 0 radical (unpaired) electrons. The Kier molecular flexibility index (Phi) is 4.72. The van der Waals surface area contributed by atoms with Crippen molar-refractivity contribution in [2.45, 2.75) is 25.8 Å². The zero-order valence-corrected chi connectivity index (χ0v) is 10.3. The fraction of sp³-hybridized carbons (Fsp3) is 0.333. The Morgan fingerprint density at radius 1 is 1.35 bits per heavy atom. The van der Waals surface area contributed by atoms with Crippen molar-refractivity contribution < 1.29 is 37.7 Å². The fourth-order valence-corrected chi connectivity index (χ4v) is 1.66. The Bertz CT molecular complexity index is 524. The molecule has 20 heavy (non-hydrogen) atoms. The van der Waals surface area contributed by atoms with Crippen LogP contribution in [0.5, 0.6) is 5.75 Å². The lowest BCUT2D eigenvalue weighted by Crippen LogP contribution is -2.21. The van der Waals surface area contributed by atoms with E-state index in [0.717, 1.165) is 6.07 Å². The highest BCUT2D eigenvalue weighted by Gasteiger charge is 2.34. The molecule has 0 aliphatic rings. The number of rotatable bonds is 5. The zero-order chi connectivity index (χ0) is 15.5. The summed E-state index contributed by atoms with van der Waals surface area (Å²) in [5.41, 5.74) is -0.610. The van der Waals surface area contributed by atoms with E-state index < -0.39 is 35.5 Å². The maximum atomic E-state index is 12.3. The largest absolute Gasteiger partial charge is 0.573 e. The number of Topliss-reactive ketones (excluding diaryl/α,β-unsaturated/α-hetero) is 1. The monoisotopic (exact) mass is 292 g/mol. The molecule has 1 aromatic carbocycles. The van der Waals surface area contributed by atoms with E-state index in [1.807, 2.05) is 0 Å². The average Bonchev–Trinajstić information content (AvgIpc) is 2.25. The standard InChI is InChI=1S/C12H11F3O5/c1-6(16)5-7-3-2-4-8(20-12(13,14)15)9(7)10(17)11(18)19/h2-4,10,17H,5H2,1H3,(H,18,19). The molecule has 1 unspecified atom stereocenters. The van der Waals surface area contributed by atoms with Crippen molar-refractivity contribution in [3.05, 3.63) is 29.3 Å². The van der Waals surface area contributed by atoms with Gasteiger partial charge in [0.05, 0.1) is 0 Å². The molecule has 2 N–H and O–H groups in total. The van der Waals surface area contributed by atoms with Crippen LogP contribution in [0.3, 0.4) is 0 Å². The number of hydrogen-bond acceptors (Lipinski definition) is 4. The second-order valence-corrected chi connectivity index (χ2v) is 4.00. The number of carbonyl (C=O) groups excluding carboxylic acids is 1. The van der Waals surface area contributed by atoms with Crippen molar-refractivity contribution in [3.63, 3.8) is 0 Å². The quantitative estimate of drug-likeness (QED) is 0.865. The van der Waals surface area contributed by atoms with Crippen LogP contribution in [-0.4, -0.2) is 28.3 Å². The lowest BCUT2D eigenvalue weighted by Gasteiger charge is -2.18. The lowest BCUT2D eigenvalue weighted by molar-refractivity contribution is -0.275. The van der Waals surface area contributed by atoms with Crippen LogP contribution in [0.1, 0.15) is 24.2 Å². The van der Waals surface area contributed by atoms with Crippen LogP contribution in [-0.2, 0) is 16.0 Å². The molecule has 0 saturated carbocycles. The fourth-order valence-electron chi connectivity index (χ4n) is 1.66. The number of benzene rings is 1. The van der Waals surface area contributed by atoms with Crippen molar-refractivity contribution in [1.82, 2.24) is 0 Å². The van der Waals surface area contributed by atoms with Gasteiger partial charge in [-0.2, -0.15) is 0 Å². The number of ether oxygens (including phenoxy) is 1. The summed E-state index contributed by atoms with van der Waals surface area (Å²) in [6.07, 6.45) is -7.57. The van der Waals surface area contributed by atoms with Crippen molar-refractivity contribution in [1.29, 1.82) is 0 Å². The van der Waals surface area contributed by atoms with E-state index in [0.29, 0.717) is 0 Å². The Morgan fingerprint density at radius 3 is 2.40 bits per heavy atom. The first kappa shape index (κ1) is 16.0. The van der Waals surface area contributed by atoms with Gasteiger partial charge < -0.3 is 14.9 Å². The molecule has 110 valence electrons. The molecule has 0 fully saturated rings. The summed E-state index contributed by atoms with van der Waals surface area (Å²) < 4.78 is 40.5. The maximum absolute atomic E-state index is 12.3. The molecule has 0 aliphatic heterocycles. The van der Waals surface area contributed by atoms with Crippen LogP contribution in [0.4, 0.5) is 13.2 Å². The van der Waals surface area contributed by atoms with Crippen LogP contribution in [0.25, 0.3) is 0 Å². The summed E-state index contributed by atoms with van der Waals surface area (Å²) >= 11 is 0. The molecule has 1 atom stereocenters. The van der Waals surface area contributed by atoms with Gasteiger partial charge in [-0.25, -0.2) is 4.79 Å². The predicted octanol–water partition coefficient (Wildman–Crippen LogP) is 1.83. The summed E-state index contributed by atoms with van der Waals surface area (Å²) in [5, 5.41) is 18.3. The first-order chi connectivity index (χ1) is 9.11. The van der Waals surface area contributed by atoms with Crippen molar-refractivity contribution >= 4 is 11.8 Å².